The van der Waals surface area contributed by atoms with E-state index in [0.717, 1.165) is 37.6 Å². The van der Waals surface area contributed by atoms with Crippen LogP contribution in [0.1, 0.15) is 19.8 Å². The maximum atomic E-state index is 12.5. The molecule has 0 aliphatic carbocycles. The van der Waals surface area contributed by atoms with Crippen molar-refractivity contribution in [3.63, 3.8) is 0 Å². The Morgan fingerprint density at radius 1 is 1.24 bits per heavy atom. The molecule has 0 aromatic carbocycles. The molecule has 2 saturated heterocycles. The lowest BCUT2D eigenvalue weighted by molar-refractivity contribution is -0.147. The van der Waals surface area contributed by atoms with E-state index in [1.54, 1.807) is 23.3 Å². The van der Waals surface area contributed by atoms with E-state index < -0.39 is 0 Å². The highest BCUT2D eigenvalue weighted by Gasteiger charge is 2.48. The molecule has 2 fully saturated rings. The molecule has 4 heterocycles. The summed E-state index contributed by atoms with van der Waals surface area (Å²) in [5.41, 5.74) is 0.492. The van der Waals surface area contributed by atoms with Gasteiger partial charge in [-0.2, -0.15) is 5.10 Å². The van der Waals surface area contributed by atoms with Crippen molar-refractivity contribution < 1.29 is 9.53 Å². The van der Waals surface area contributed by atoms with Crippen LogP contribution in [0.5, 0.6) is 0 Å². The largest absolute Gasteiger partial charge is 0.363 e. The molecule has 2 aliphatic rings. The summed E-state index contributed by atoms with van der Waals surface area (Å²) in [6, 6.07) is 1.77. The molecular formula is C17H22N6O2. The standard InChI is InChI=1S/C17H22N6O2/c1-13-17(4-8-22(9-5-17)16-18-6-3-7-19-16)25-12-15(24)23(13)14-10-20-21(2)11-14/h3,6-7,10-11,13H,4-5,8-9,12H2,1-2H3/t13-/m0/s1. The molecule has 0 N–H and O–H groups in total. The molecule has 8 heteroatoms. The first kappa shape index (κ1) is 16.0. The van der Waals surface area contributed by atoms with Gasteiger partial charge in [0.05, 0.1) is 23.5 Å². The highest BCUT2D eigenvalue weighted by molar-refractivity contribution is 5.95. The molecule has 0 radical (unpaired) electrons. The predicted molar refractivity (Wildman–Crippen MR) is 92.3 cm³/mol. The molecule has 2 aromatic rings. The average molecular weight is 342 g/mol. The fourth-order valence-electron chi connectivity index (χ4n) is 3.85. The van der Waals surface area contributed by atoms with Crippen molar-refractivity contribution >= 4 is 17.5 Å². The summed E-state index contributed by atoms with van der Waals surface area (Å²) in [7, 11) is 1.85. The monoisotopic (exact) mass is 342 g/mol. The van der Waals surface area contributed by atoms with Crippen molar-refractivity contribution in [2.45, 2.75) is 31.4 Å². The van der Waals surface area contributed by atoms with E-state index in [1.807, 2.05) is 24.2 Å². The Kier molecular flexibility index (Phi) is 3.91. The van der Waals surface area contributed by atoms with Crippen LogP contribution in [-0.4, -0.2) is 57.0 Å². The maximum absolute atomic E-state index is 12.5. The van der Waals surface area contributed by atoms with Crippen LogP contribution >= 0.6 is 0 Å². The van der Waals surface area contributed by atoms with Gasteiger partial charge in [-0.05, 0) is 25.8 Å². The smallest absolute Gasteiger partial charge is 0.253 e. The number of carbonyl (C=O) groups excluding carboxylic acids is 1. The lowest BCUT2D eigenvalue weighted by Gasteiger charge is -2.51. The number of hydrogen-bond acceptors (Lipinski definition) is 6. The SMILES string of the molecule is C[C@@H]1N(c2cnn(C)c2)C(=O)COC12CCN(c1ncccn1)CC2. The first-order chi connectivity index (χ1) is 12.1. The lowest BCUT2D eigenvalue weighted by atomic mass is 9.82. The topological polar surface area (TPSA) is 76.4 Å². The van der Waals surface area contributed by atoms with Crippen LogP contribution in [0.2, 0.25) is 0 Å². The summed E-state index contributed by atoms with van der Waals surface area (Å²) in [5, 5.41) is 4.20. The van der Waals surface area contributed by atoms with E-state index >= 15 is 0 Å². The van der Waals surface area contributed by atoms with Gasteiger partial charge in [0.1, 0.15) is 6.61 Å². The van der Waals surface area contributed by atoms with E-state index in [4.69, 9.17) is 4.74 Å². The number of anilines is 2. The Hall–Kier alpha value is -2.48. The van der Waals surface area contributed by atoms with Crippen LogP contribution in [0.4, 0.5) is 11.6 Å². The fraction of sp³-hybridized carbons (Fsp3) is 0.529. The molecule has 2 aromatic heterocycles. The minimum atomic E-state index is -0.338. The minimum Gasteiger partial charge on any atom is -0.363 e. The van der Waals surface area contributed by atoms with Gasteiger partial charge in [0.2, 0.25) is 5.95 Å². The van der Waals surface area contributed by atoms with Gasteiger partial charge < -0.3 is 14.5 Å². The second-order valence-corrected chi connectivity index (χ2v) is 6.70. The van der Waals surface area contributed by atoms with E-state index in [9.17, 15) is 4.79 Å². The Labute approximate surface area is 146 Å². The van der Waals surface area contributed by atoms with Gasteiger partial charge in [-0.1, -0.05) is 0 Å². The number of aryl methyl sites for hydroxylation is 1. The number of carbonyl (C=O) groups is 1. The van der Waals surface area contributed by atoms with Gasteiger partial charge in [0.15, 0.2) is 0 Å². The van der Waals surface area contributed by atoms with Crippen LogP contribution in [0.15, 0.2) is 30.9 Å². The number of hydrogen-bond donors (Lipinski definition) is 0. The second kappa shape index (κ2) is 6.11. The van der Waals surface area contributed by atoms with Crippen LogP contribution in [0.25, 0.3) is 0 Å². The number of rotatable bonds is 2. The molecule has 132 valence electrons. The van der Waals surface area contributed by atoms with Crippen LogP contribution in [0, 0.1) is 0 Å². The van der Waals surface area contributed by atoms with Gasteiger partial charge in [0, 0.05) is 38.7 Å². The van der Waals surface area contributed by atoms with Crippen LogP contribution < -0.4 is 9.80 Å². The number of ether oxygens (including phenoxy) is 1. The molecule has 8 nitrogen and oxygen atoms in total. The molecule has 1 spiro atoms. The van der Waals surface area contributed by atoms with E-state index in [1.165, 1.54) is 0 Å². The average Bonchev–Trinajstić information content (AvgIpc) is 3.06. The molecule has 0 saturated carbocycles. The molecule has 2 aliphatic heterocycles. The van der Waals surface area contributed by atoms with Crippen LogP contribution in [-0.2, 0) is 16.6 Å². The van der Waals surface area contributed by atoms with Gasteiger partial charge in [-0.15, -0.1) is 0 Å². The highest BCUT2D eigenvalue weighted by atomic mass is 16.5. The molecule has 0 unspecified atom stereocenters. The van der Waals surface area contributed by atoms with Gasteiger partial charge in [-0.25, -0.2) is 9.97 Å². The number of morpholine rings is 1. The van der Waals surface area contributed by atoms with Crippen LogP contribution in [0.3, 0.4) is 0 Å². The highest BCUT2D eigenvalue weighted by Crippen LogP contribution is 2.38. The number of aromatic nitrogens is 4. The fourth-order valence-corrected chi connectivity index (χ4v) is 3.85. The predicted octanol–water partition coefficient (Wildman–Crippen LogP) is 1.00. The van der Waals surface area contributed by atoms with E-state index in [2.05, 4.69) is 26.9 Å². The summed E-state index contributed by atoms with van der Waals surface area (Å²) >= 11 is 0. The Bertz CT molecular complexity index is 754. The third-order valence-corrected chi connectivity index (χ3v) is 5.31. The number of piperidine rings is 1. The van der Waals surface area contributed by atoms with Crippen molar-refractivity contribution in [3.8, 4) is 0 Å². The number of nitrogens with zero attached hydrogens (tertiary/aromatic N) is 6. The molecule has 1 atom stereocenters. The lowest BCUT2D eigenvalue weighted by Crippen LogP contribution is -2.64. The molecule has 25 heavy (non-hydrogen) atoms. The molecule has 4 rings (SSSR count). The maximum Gasteiger partial charge on any atom is 0.253 e. The van der Waals surface area contributed by atoms with Crippen molar-refractivity contribution in [3.05, 3.63) is 30.9 Å². The first-order valence-electron chi connectivity index (χ1n) is 8.56. The summed E-state index contributed by atoms with van der Waals surface area (Å²) in [5.74, 6) is 0.737. The van der Waals surface area contributed by atoms with E-state index in [0.29, 0.717) is 0 Å². The molecule has 0 bridgehead atoms. The minimum absolute atomic E-state index is 0.0139. The summed E-state index contributed by atoms with van der Waals surface area (Å²) in [4.78, 5) is 25.1. The summed E-state index contributed by atoms with van der Waals surface area (Å²) < 4.78 is 7.80. The van der Waals surface area contributed by atoms with Crippen molar-refractivity contribution in [2.75, 3.05) is 29.5 Å². The zero-order valence-electron chi connectivity index (χ0n) is 14.5. The normalized spacial score (nSPS) is 23.3. The third-order valence-electron chi connectivity index (χ3n) is 5.31. The van der Waals surface area contributed by atoms with E-state index in [-0.39, 0.29) is 24.2 Å². The number of amides is 1. The Morgan fingerprint density at radius 3 is 2.60 bits per heavy atom. The summed E-state index contributed by atoms with van der Waals surface area (Å²) in [6.07, 6.45) is 8.79. The van der Waals surface area contributed by atoms with Gasteiger partial charge >= 0.3 is 0 Å². The van der Waals surface area contributed by atoms with Gasteiger partial charge in [-0.3, -0.25) is 9.48 Å². The Morgan fingerprint density at radius 2 is 1.96 bits per heavy atom. The zero-order valence-corrected chi connectivity index (χ0v) is 14.5. The van der Waals surface area contributed by atoms with Gasteiger partial charge in [0.25, 0.3) is 5.91 Å². The summed E-state index contributed by atoms with van der Waals surface area (Å²) in [6.45, 7) is 3.80. The van der Waals surface area contributed by atoms with Crippen molar-refractivity contribution in [2.24, 2.45) is 7.05 Å². The Balaban J connectivity index is 1.53. The zero-order chi connectivity index (χ0) is 17.4. The second-order valence-electron chi connectivity index (χ2n) is 6.70. The first-order valence-corrected chi connectivity index (χ1v) is 8.56. The quantitative estimate of drug-likeness (QED) is 0.810. The molecule has 1 amide bonds. The van der Waals surface area contributed by atoms with Crippen molar-refractivity contribution in [1.82, 2.24) is 19.7 Å². The third kappa shape index (κ3) is 2.76. The van der Waals surface area contributed by atoms with Crippen molar-refractivity contribution in [1.29, 1.82) is 0 Å². The molecular weight excluding hydrogens is 320 g/mol.